The molecule has 0 aliphatic carbocycles. The normalized spacial score (nSPS) is 11.9. The Morgan fingerprint density at radius 2 is 1.79 bits per heavy atom. The zero-order valence-corrected chi connectivity index (χ0v) is 9.63. The Labute approximate surface area is 98.5 Å². The maximum atomic E-state index is 5.96. The second-order valence-corrected chi connectivity index (χ2v) is 3.94. The molecule has 0 aliphatic heterocycles. The zero-order valence-electron chi connectivity index (χ0n) is 7.36. The van der Waals surface area contributed by atoms with Crippen molar-refractivity contribution in [3.63, 3.8) is 0 Å². The first-order chi connectivity index (χ1) is 6.56. The third-order valence-corrected chi connectivity index (χ3v) is 2.47. The lowest BCUT2D eigenvalue weighted by atomic mass is 10.1. The van der Waals surface area contributed by atoms with E-state index in [0.717, 1.165) is 0 Å². The predicted octanol–water partition coefficient (Wildman–Crippen LogP) is 4.17. The van der Waals surface area contributed by atoms with Gasteiger partial charge in [-0.3, -0.25) is 0 Å². The molecule has 0 amide bonds. The SMILES string of the molecule is [CH2]CC=C(N)c1c(Cl)cc(Cl)cc1Cl. The van der Waals surface area contributed by atoms with E-state index in [1.54, 1.807) is 18.2 Å². The van der Waals surface area contributed by atoms with Crippen molar-refractivity contribution >= 4 is 40.5 Å². The molecule has 0 saturated carbocycles. The lowest BCUT2D eigenvalue weighted by Gasteiger charge is -2.07. The maximum Gasteiger partial charge on any atom is 0.0528 e. The number of benzene rings is 1. The van der Waals surface area contributed by atoms with E-state index in [2.05, 4.69) is 6.92 Å². The topological polar surface area (TPSA) is 26.0 Å². The second kappa shape index (κ2) is 4.92. The molecule has 0 fully saturated rings. The summed E-state index contributed by atoms with van der Waals surface area (Å²) < 4.78 is 0. The molecule has 14 heavy (non-hydrogen) atoms. The average molecular weight is 250 g/mol. The highest BCUT2D eigenvalue weighted by Crippen LogP contribution is 2.32. The van der Waals surface area contributed by atoms with Crippen LogP contribution < -0.4 is 5.73 Å². The van der Waals surface area contributed by atoms with Gasteiger partial charge in [-0.1, -0.05) is 40.9 Å². The van der Waals surface area contributed by atoms with E-state index in [4.69, 9.17) is 40.5 Å². The van der Waals surface area contributed by atoms with Crippen LogP contribution in [-0.4, -0.2) is 0 Å². The molecule has 1 nitrogen and oxygen atoms in total. The molecule has 1 aromatic carbocycles. The first kappa shape index (κ1) is 11.7. The van der Waals surface area contributed by atoms with Gasteiger partial charge in [-0.05, 0) is 25.5 Å². The lowest BCUT2D eigenvalue weighted by Crippen LogP contribution is -1.98. The molecule has 0 atom stereocenters. The standard InChI is InChI=1S/C10H9Cl3N/c1-2-3-9(14)10-7(12)4-6(11)5-8(10)13/h3-5H,1-2,14H2. The van der Waals surface area contributed by atoms with Gasteiger partial charge in [-0.2, -0.15) is 0 Å². The Hall–Kier alpha value is -0.370. The number of halogens is 3. The van der Waals surface area contributed by atoms with Crippen LogP contribution in [0, 0.1) is 6.92 Å². The van der Waals surface area contributed by atoms with E-state index in [9.17, 15) is 0 Å². The van der Waals surface area contributed by atoms with Crippen molar-refractivity contribution in [2.24, 2.45) is 5.73 Å². The summed E-state index contributed by atoms with van der Waals surface area (Å²) in [6, 6.07) is 3.21. The minimum atomic E-state index is 0.449. The van der Waals surface area contributed by atoms with Gasteiger partial charge < -0.3 is 5.73 Å². The van der Waals surface area contributed by atoms with Crippen molar-refractivity contribution in [1.29, 1.82) is 0 Å². The van der Waals surface area contributed by atoms with Crippen LogP contribution in [0.25, 0.3) is 5.70 Å². The van der Waals surface area contributed by atoms with Crippen molar-refractivity contribution in [2.45, 2.75) is 6.42 Å². The number of hydrogen-bond donors (Lipinski definition) is 1. The van der Waals surface area contributed by atoms with Gasteiger partial charge in [0.05, 0.1) is 10.0 Å². The van der Waals surface area contributed by atoms with Crippen LogP contribution in [0.5, 0.6) is 0 Å². The predicted molar refractivity (Wildman–Crippen MR) is 63.6 cm³/mol. The van der Waals surface area contributed by atoms with Crippen LogP contribution in [0.1, 0.15) is 12.0 Å². The Kier molecular flexibility index (Phi) is 4.11. The molecule has 0 aliphatic rings. The molecule has 0 spiro atoms. The molecule has 2 N–H and O–H groups in total. The Morgan fingerprint density at radius 1 is 1.29 bits per heavy atom. The molecule has 0 bridgehead atoms. The first-order valence-electron chi connectivity index (χ1n) is 3.96. The van der Waals surface area contributed by atoms with Gasteiger partial charge in [0, 0.05) is 16.3 Å². The molecule has 4 heteroatoms. The lowest BCUT2D eigenvalue weighted by molar-refractivity contribution is 1.37. The molecule has 1 rings (SSSR count). The summed E-state index contributed by atoms with van der Waals surface area (Å²) in [6.07, 6.45) is 2.34. The number of rotatable bonds is 2. The maximum absolute atomic E-state index is 5.96. The van der Waals surface area contributed by atoms with E-state index in [1.165, 1.54) is 0 Å². The van der Waals surface area contributed by atoms with Gasteiger partial charge in [0.2, 0.25) is 0 Å². The van der Waals surface area contributed by atoms with Gasteiger partial charge in [0.15, 0.2) is 0 Å². The van der Waals surface area contributed by atoms with Crippen molar-refractivity contribution in [3.8, 4) is 0 Å². The minimum absolute atomic E-state index is 0.449. The summed E-state index contributed by atoms with van der Waals surface area (Å²) in [5.41, 5.74) is 6.90. The monoisotopic (exact) mass is 248 g/mol. The summed E-state index contributed by atoms with van der Waals surface area (Å²) in [7, 11) is 0. The highest BCUT2D eigenvalue weighted by Gasteiger charge is 2.09. The van der Waals surface area contributed by atoms with Gasteiger partial charge in [-0.25, -0.2) is 0 Å². The largest absolute Gasteiger partial charge is 0.398 e. The van der Waals surface area contributed by atoms with Crippen LogP contribution in [0.2, 0.25) is 15.1 Å². The van der Waals surface area contributed by atoms with E-state index in [1.807, 2.05) is 0 Å². The van der Waals surface area contributed by atoms with E-state index in [-0.39, 0.29) is 0 Å². The fourth-order valence-corrected chi connectivity index (χ4v) is 2.11. The van der Waals surface area contributed by atoms with Gasteiger partial charge in [0.25, 0.3) is 0 Å². The van der Waals surface area contributed by atoms with Crippen LogP contribution >= 0.6 is 34.8 Å². The molecule has 0 unspecified atom stereocenters. The van der Waals surface area contributed by atoms with E-state index in [0.29, 0.717) is 32.7 Å². The van der Waals surface area contributed by atoms with Gasteiger partial charge in [-0.15, -0.1) is 0 Å². The Balaban J connectivity index is 3.27. The summed E-state index contributed by atoms with van der Waals surface area (Å²) in [4.78, 5) is 0. The number of nitrogens with two attached hydrogens (primary N) is 1. The Bertz CT molecular complexity index is 349. The average Bonchev–Trinajstić information content (AvgIpc) is 2.01. The highest BCUT2D eigenvalue weighted by molar-refractivity contribution is 6.40. The molecule has 75 valence electrons. The van der Waals surface area contributed by atoms with Crippen LogP contribution in [-0.2, 0) is 0 Å². The fourth-order valence-electron chi connectivity index (χ4n) is 1.08. The molecule has 0 aromatic heterocycles. The quantitative estimate of drug-likeness (QED) is 0.836. The molecule has 0 heterocycles. The highest BCUT2D eigenvalue weighted by atomic mass is 35.5. The molecule has 0 saturated heterocycles. The van der Waals surface area contributed by atoms with Gasteiger partial charge in [0.1, 0.15) is 0 Å². The van der Waals surface area contributed by atoms with E-state index < -0.39 is 0 Å². The fraction of sp³-hybridized carbons (Fsp3) is 0.100. The second-order valence-electron chi connectivity index (χ2n) is 2.69. The van der Waals surface area contributed by atoms with Crippen molar-refractivity contribution in [3.05, 3.63) is 45.8 Å². The summed E-state index contributed by atoms with van der Waals surface area (Å²) in [6.45, 7) is 3.66. The minimum Gasteiger partial charge on any atom is -0.398 e. The van der Waals surface area contributed by atoms with Crippen LogP contribution in [0.3, 0.4) is 0 Å². The van der Waals surface area contributed by atoms with E-state index >= 15 is 0 Å². The van der Waals surface area contributed by atoms with Crippen molar-refractivity contribution in [1.82, 2.24) is 0 Å². The first-order valence-corrected chi connectivity index (χ1v) is 5.09. The van der Waals surface area contributed by atoms with Crippen molar-refractivity contribution < 1.29 is 0 Å². The van der Waals surface area contributed by atoms with Gasteiger partial charge >= 0.3 is 0 Å². The van der Waals surface area contributed by atoms with Crippen LogP contribution in [0.4, 0.5) is 0 Å². The third kappa shape index (κ3) is 2.57. The number of allylic oxidation sites excluding steroid dienone is 1. The molecular weight excluding hydrogens is 240 g/mol. The Morgan fingerprint density at radius 3 is 2.21 bits per heavy atom. The molecular formula is C10H9Cl3N. The van der Waals surface area contributed by atoms with Crippen molar-refractivity contribution in [2.75, 3.05) is 0 Å². The summed E-state index contributed by atoms with van der Waals surface area (Å²) in [5, 5.41) is 1.39. The zero-order chi connectivity index (χ0) is 10.7. The van der Waals surface area contributed by atoms with Crippen LogP contribution in [0.15, 0.2) is 18.2 Å². The third-order valence-electron chi connectivity index (χ3n) is 1.66. The smallest absolute Gasteiger partial charge is 0.0528 e. The molecule has 1 radical (unpaired) electrons. The number of hydrogen-bond acceptors (Lipinski definition) is 1. The summed E-state index contributed by atoms with van der Waals surface area (Å²) >= 11 is 17.7. The molecule has 1 aromatic rings. The summed E-state index contributed by atoms with van der Waals surface area (Å²) in [5.74, 6) is 0.